The fourth-order valence-electron chi connectivity index (χ4n) is 2.09. The van der Waals surface area contributed by atoms with Crippen molar-refractivity contribution in [1.82, 2.24) is 4.98 Å². The Morgan fingerprint density at radius 1 is 1.33 bits per heavy atom. The van der Waals surface area contributed by atoms with Gasteiger partial charge >= 0.3 is 0 Å². The fourth-order valence-corrected chi connectivity index (χ4v) is 4.30. The molecule has 1 amide bonds. The van der Waals surface area contributed by atoms with Gasteiger partial charge in [-0.15, -0.1) is 11.3 Å². The standard InChI is InChI=1S/C15H10ClN3O3S2/c16-10-3-4-13-11(6-10)18-15(24-13)23-7-9-2-1-8(14(17)20)5-12(9)19(21)22/h1-6H,7H2,(H2,17,20). The first-order valence-corrected chi connectivity index (χ1v) is 8.88. The van der Waals surface area contributed by atoms with Gasteiger partial charge < -0.3 is 5.73 Å². The number of aromatic nitrogens is 1. The predicted octanol–water partition coefficient (Wildman–Crippen LogP) is 4.25. The normalized spacial score (nSPS) is 10.9. The van der Waals surface area contributed by atoms with Crippen molar-refractivity contribution in [1.29, 1.82) is 0 Å². The molecule has 0 saturated carbocycles. The topological polar surface area (TPSA) is 99.1 Å². The summed E-state index contributed by atoms with van der Waals surface area (Å²) < 4.78 is 1.79. The van der Waals surface area contributed by atoms with Gasteiger partial charge in [-0.05, 0) is 24.3 Å². The van der Waals surface area contributed by atoms with E-state index in [9.17, 15) is 14.9 Å². The van der Waals surface area contributed by atoms with Crippen molar-refractivity contribution < 1.29 is 9.72 Å². The summed E-state index contributed by atoms with van der Waals surface area (Å²) in [6.45, 7) is 0. The molecule has 0 spiro atoms. The largest absolute Gasteiger partial charge is 0.366 e. The Morgan fingerprint density at radius 2 is 2.12 bits per heavy atom. The molecule has 2 aromatic carbocycles. The van der Waals surface area contributed by atoms with Gasteiger partial charge in [0, 0.05) is 28.0 Å². The molecule has 6 nitrogen and oxygen atoms in total. The third-order valence-electron chi connectivity index (χ3n) is 3.25. The summed E-state index contributed by atoms with van der Waals surface area (Å²) in [4.78, 5) is 26.3. The highest BCUT2D eigenvalue weighted by Gasteiger charge is 2.17. The Bertz CT molecular complexity index is 958. The molecular formula is C15H10ClN3O3S2. The number of amides is 1. The molecule has 0 atom stereocenters. The minimum absolute atomic E-state index is 0.116. The molecule has 0 bridgehead atoms. The molecule has 3 rings (SSSR count). The van der Waals surface area contributed by atoms with E-state index in [0.29, 0.717) is 16.3 Å². The lowest BCUT2D eigenvalue weighted by molar-refractivity contribution is -0.385. The number of fused-ring (bicyclic) bond motifs is 1. The zero-order valence-corrected chi connectivity index (χ0v) is 14.5. The molecule has 1 aromatic heterocycles. The lowest BCUT2D eigenvalue weighted by Gasteiger charge is -2.03. The molecule has 9 heteroatoms. The molecule has 0 aliphatic rings. The maximum atomic E-state index is 11.2. The maximum absolute atomic E-state index is 11.2. The van der Waals surface area contributed by atoms with Crippen LogP contribution >= 0.6 is 34.7 Å². The van der Waals surface area contributed by atoms with E-state index in [1.54, 1.807) is 18.2 Å². The van der Waals surface area contributed by atoms with Crippen molar-refractivity contribution in [3.05, 3.63) is 62.7 Å². The molecule has 3 aromatic rings. The molecule has 0 saturated heterocycles. The van der Waals surface area contributed by atoms with E-state index in [4.69, 9.17) is 17.3 Å². The highest BCUT2D eigenvalue weighted by atomic mass is 35.5. The van der Waals surface area contributed by atoms with Crippen LogP contribution in [0, 0.1) is 10.1 Å². The van der Waals surface area contributed by atoms with Crippen molar-refractivity contribution in [2.75, 3.05) is 0 Å². The Hall–Kier alpha value is -2.16. The van der Waals surface area contributed by atoms with E-state index in [0.717, 1.165) is 14.6 Å². The highest BCUT2D eigenvalue weighted by Crippen LogP contribution is 2.34. The second-order valence-corrected chi connectivity index (χ2v) is 7.53. The van der Waals surface area contributed by atoms with Crippen LogP contribution in [0.15, 0.2) is 40.7 Å². The van der Waals surface area contributed by atoms with Crippen LogP contribution in [0.5, 0.6) is 0 Å². The molecule has 0 radical (unpaired) electrons. The SMILES string of the molecule is NC(=O)c1ccc(CSc2nc3cc(Cl)ccc3s2)c([N+](=O)[O-])c1. The summed E-state index contributed by atoms with van der Waals surface area (Å²) >= 11 is 8.83. The number of nitro groups is 1. The van der Waals surface area contributed by atoms with Gasteiger partial charge in [0.1, 0.15) is 0 Å². The number of hydrogen-bond acceptors (Lipinski definition) is 6. The summed E-state index contributed by atoms with van der Waals surface area (Å²) in [6.07, 6.45) is 0. The molecule has 0 fully saturated rings. The van der Waals surface area contributed by atoms with E-state index in [1.165, 1.54) is 35.2 Å². The molecule has 2 N–H and O–H groups in total. The number of hydrogen-bond donors (Lipinski definition) is 1. The lowest BCUT2D eigenvalue weighted by Crippen LogP contribution is -2.11. The minimum atomic E-state index is -0.694. The Balaban J connectivity index is 1.84. The minimum Gasteiger partial charge on any atom is -0.366 e. The second kappa shape index (κ2) is 6.76. The number of rotatable bonds is 5. The number of thioether (sulfide) groups is 1. The first-order valence-electron chi connectivity index (χ1n) is 6.70. The molecule has 24 heavy (non-hydrogen) atoms. The Morgan fingerprint density at radius 3 is 2.83 bits per heavy atom. The molecule has 0 aliphatic carbocycles. The van der Waals surface area contributed by atoms with Crippen LogP contribution in [0.25, 0.3) is 10.2 Å². The predicted molar refractivity (Wildman–Crippen MR) is 95.8 cm³/mol. The van der Waals surface area contributed by atoms with Crippen molar-refractivity contribution >= 4 is 56.5 Å². The summed E-state index contributed by atoms with van der Waals surface area (Å²) in [5.74, 6) is -0.330. The van der Waals surface area contributed by atoms with Crippen molar-refractivity contribution in [3.63, 3.8) is 0 Å². The summed E-state index contributed by atoms with van der Waals surface area (Å²) in [5.41, 5.74) is 6.47. The van der Waals surface area contributed by atoms with Crippen LogP contribution in [0.4, 0.5) is 5.69 Å². The van der Waals surface area contributed by atoms with Crippen LogP contribution in [-0.2, 0) is 5.75 Å². The number of nitrogens with two attached hydrogens (primary N) is 1. The van der Waals surface area contributed by atoms with E-state index in [2.05, 4.69) is 4.98 Å². The van der Waals surface area contributed by atoms with Crippen molar-refractivity contribution in [2.24, 2.45) is 5.73 Å². The van der Waals surface area contributed by atoms with E-state index >= 15 is 0 Å². The number of halogens is 1. The molecule has 1 heterocycles. The zero-order valence-electron chi connectivity index (χ0n) is 12.1. The quantitative estimate of drug-likeness (QED) is 0.406. The molecule has 0 aliphatic heterocycles. The average molecular weight is 380 g/mol. The number of thiazole rings is 1. The number of carbonyl (C=O) groups excluding carboxylic acids is 1. The average Bonchev–Trinajstić information content (AvgIpc) is 2.94. The molecular weight excluding hydrogens is 370 g/mol. The molecule has 122 valence electrons. The third kappa shape index (κ3) is 3.50. The number of nitro benzene ring substituents is 1. The van der Waals surface area contributed by atoms with Gasteiger partial charge in [-0.2, -0.15) is 0 Å². The van der Waals surface area contributed by atoms with Gasteiger partial charge in [-0.1, -0.05) is 29.4 Å². The van der Waals surface area contributed by atoms with Crippen LogP contribution in [0.1, 0.15) is 15.9 Å². The smallest absolute Gasteiger partial charge is 0.274 e. The van der Waals surface area contributed by atoms with Crippen LogP contribution < -0.4 is 5.73 Å². The Kier molecular flexibility index (Phi) is 4.70. The van der Waals surface area contributed by atoms with Crippen LogP contribution in [-0.4, -0.2) is 15.8 Å². The summed E-state index contributed by atoms with van der Waals surface area (Å²) in [7, 11) is 0. The maximum Gasteiger partial charge on any atom is 0.274 e. The van der Waals surface area contributed by atoms with E-state index in [1.807, 2.05) is 6.07 Å². The van der Waals surface area contributed by atoms with E-state index in [-0.39, 0.29) is 11.3 Å². The zero-order chi connectivity index (χ0) is 17.3. The van der Waals surface area contributed by atoms with Gasteiger partial charge in [-0.3, -0.25) is 14.9 Å². The van der Waals surface area contributed by atoms with E-state index < -0.39 is 10.8 Å². The first-order chi connectivity index (χ1) is 11.4. The summed E-state index contributed by atoms with van der Waals surface area (Å²) in [6, 6.07) is 9.71. The van der Waals surface area contributed by atoms with Crippen molar-refractivity contribution in [2.45, 2.75) is 10.1 Å². The van der Waals surface area contributed by atoms with Crippen LogP contribution in [0.2, 0.25) is 5.02 Å². The second-order valence-electron chi connectivity index (χ2n) is 4.85. The third-order valence-corrected chi connectivity index (χ3v) is 5.71. The fraction of sp³-hybridized carbons (Fsp3) is 0.0667. The number of nitrogens with zero attached hydrogens (tertiary/aromatic N) is 2. The number of primary amides is 1. The van der Waals surface area contributed by atoms with Gasteiger partial charge in [-0.25, -0.2) is 4.98 Å². The van der Waals surface area contributed by atoms with Gasteiger partial charge in [0.25, 0.3) is 5.69 Å². The summed E-state index contributed by atoms with van der Waals surface area (Å²) in [5, 5.41) is 11.8. The number of benzene rings is 2. The first kappa shape index (κ1) is 16.7. The number of carbonyl (C=O) groups is 1. The monoisotopic (exact) mass is 379 g/mol. The van der Waals surface area contributed by atoms with Gasteiger partial charge in [0.05, 0.1) is 15.1 Å². The lowest BCUT2D eigenvalue weighted by atomic mass is 10.1. The molecule has 0 unspecified atom stereocenters. The Labute approximate surface area is 149 Å². The van der Waals surface area contributed by atoms with Crippen molar-refractivity contribution in [3.8, 4) is 0 Å². The highest BCUT2D eigenvalue weighted by molar-refractivity contribution is 8.00. The van der Waals surface area contributed by atoms with Crippen LogP contribution in [0.3, 0.4) is 0 Å². The van der Waals surface area contributed by atoms with Gasteiger partial charge in [0.2, 0.25) is 5.91 Å². The van der Waals surface area contributed by atoms with Gasteiger partial charge in [0.15, 0.2) is 4.34 Å².